The number of methoxy groups -OCH3 is 1. The maximum Gasteiger partial charge on any atom is 0.133 e. The predicted molar refractivity (Wildman–Crippen MR) is 91.9 cm³/mol. The first-order chi connectivity index (χ1) is 10.2. The number of halogens is 1. The molecule has 1 N–H and O–H groups in total. The van der Waals surface area contributed by atoms with Crippen LogP contribution in [0.4, 0.5) is 0 Å². The number of ether oxygens (including phenoxy) is 1. The second-order valence-electron chi connectivity index (χ2n) is 6.07. The summed E-state index contributed by atoms with van der Waals surface area (Å²) in [6.07, 6.45) is 4.16. The zero-order valence-electron chi connectivity index (χ0n) is 13.2. The van der Waals surface area contributed by atoms with Crippen molar-refractivity contribution in [3.05, 3.63) is 28.2 Å². The van der Waals surface area contributed by atoms with Crippen LogP contribution in [0.5, 0.6) is 5.75 Å². The van der Waals surface area contributed by atoms with Gasteiger partial charge in [-0.1, -0.05) is 19.4 Å². The third-order valence-electron chi connectivity index (χ3n) is 4.06. The highest BCUT2D eigenvalue weighted by Gasteiger charge is 2.13. The predicted octanol–water partition coefficient (Wildman–Crippen LogP) is 3.67. The number of piperidine rings is 1. The van der Waals surface area contributed by atoms with Crippen LogP contribution in [0.25, 0.3) is 0 Å². The summed E-state index contributed by atoms with van der Waals surface area (Å²) >= 11 is 3.53. The molecule has 2 rings (SSSR count). The van der Waals surface area contributed by atoms with Crippen LogP contribution in [-0.2, 0) is 6.54 Å². The third-order valence-corrected chi connectivity index (χ3v) is 4.68. The second-order valence-corrected chi connectivity index (χ2v) is 6.92. The molecule has 118 valence electrons. The smallest absolute Gasteiger partial charge is 0.133 e. The van der Waals surface area contributed by atoms with Crippen molar-refractivity contribution in [2.45, 2.75) is 32.7 Å². The van der Waals surface area contributed by atoms with Gasteiger partial charge >= 0.3 is 0 Å². The van der Waals surface area contributed by atoms with E-state index in [1.165, 1.54) is 44.5 Å². The summed E-state index contributed by atoms with van der Waals surface area (Å²) in [6, 6.07) is 6.26. The molecule has 1 aromatic carbocycles. The Labute approximate surface area is 137 Å². The molecule has 21 heavy (non-hydrogen) atoms. The fourth-order valence-electron chi connectivity index (χ4n) is 2.93. The van der Waals surface area contributed by atoms with Crippen molar-refractivity contribution < 1.29 is 4.74 Å². The number of likely N-dealkylation sites (tertiary alicyclic amines) is 1. The Morgan fingerprint density at radius 1 is 1.29 bits per heavy atom. The molecule has 1 fully saturated rings. The molecule has 0 aromatic heterocycles. The van der Waals surface area contributed by atoms with E-state index < -0.39 is 0 Å². The number of hydrogen-bond acceptors (Lipinski definition) is 3. The Bertz CT molecular complexity index is 433. The molecule has 1 heterocycles. The topological polar surface area (TPSA) is 24.5 Å². The van der Waals surface area contributed by atoms with Gasteiger partial charge in [-0.15, -0.1) is 0 Å². The van der Waals surface area contributed by atoms with Crippen LogP contribution in [0, 0.1) is 5.92 Å². The molecule has 3 nitrogen and oxygen atoms in total. The van der Waals surface area contributed by atoms with Gasteiger partial charge in [0.25, 0.3) is 0 Å². The number of rotatable bonds is 7. The third kappa shape index (κ3) is 5.61. The highest BCUT2D eigenvalue weighted by atomic mass is 79.9. The average Bonchev–Trinajstić information content (AvgIpc) is 2.48. The first-order valence-electron chi connectivity index (χ1n) is 7.94. The standard InChI is InChI=1S/C17H27BrN2O/c1-14(13-20-8-4-3-5-9-20)11-19-12-15-6-7-17(21-2)16(18)10-15/h6-7,10,14,19H,3-5,8-9,11-13H2,1-2H3. The minimum atomic E-state index is 0.699. The van der Waals surface area contributed by atoms with Crippen LogP contribution in [0.1, 0.15) is 31.7 Å². The monoisotopic (exact) mass is 354 g/mol. The summed E-state index contributed by atoms with van der Waals surface area (Å²) in [5.74, 6) is 1.59. The molecular weight excluding hydrogens is 328 g/mol. The van der Waals surface area contributed by atoms with Gasteiger partial charge in [0.05, 0.1) is 11.6 Å². The van der Waals surface area contributed by atoms with E-state index in [0.29, 0.717) is 5.92 Å². The molecule has 0 aliphatic carbocycles. The van der Waals surface area contributed by atoms with Crippen LogP contribution in [-0.4, -0.2) is 38.2 Å². The van der Waals surface area contributed by atoms with Crippen LogP contribution >= 0.6 is 15.9 Å². The van der Waals surface area contributed by atoms with Crippen LogP contribution < -0.4 is 10.1 Å². The van der Waals surface area contributed by atoms with Gasteiger partial charge in [-0.2, -0.15) is 0 Å². The first-order valence-corrected chi connectivity index (χ1v) is 8.74. The van der Waals surface area contributed by atoms with Gasteiger partial charge in [0.1, 0.15) is 5.75 Å². The molecule has 1 unspecified atom stereocenters. The van der Waals surface area contributed by atoms with Gasteiger partial charge in [0.15, 0.2) is 0 Å². The van der Waals surface area contributed by atoms with E-state index in [9.17, 15) is 0 Å². The van der Waals surface area contributed by atoms with Crippen molar-refractivity contribution in [1.82, 2.24) is 10.2 Å². The van der Waals surface area contributed by atoms with E-state index in [0.717, 1.165) is 23.3 Å². The molecule has 0 saturated carbocycles. The molecule has 1 aromatic rings. The lowest BCUT2D eigenvalue weighted by Crippen LogP contribution is -2.36. The Balaban J connectivity index is 1.69. The number of nitrogens with one attached hydrogen (secondary N) is 1. The summed E-state index contributed by atoms with van der Waals surface area (Å²) in [7, 11) is 1.69. The maximum absolute atomic E-state index is 5.25. The van der Waals surface area contributed by atoms with Gasteiger partial charge in [0, 0.05) is 13.1 Å². The lowest BCUT2D eigenvalue weighted by atomic mass is 10.1. The van der Waals surface area contributed by atoms with E-state index >= 15 is 0 Å². The van der Waals surface area contributed by atoms with E-state index in [1.807, 2.05) is 6.07 Å². The Kier molecular flexibility index (Phi) is 7.00. The molecule has 0 radical (unpaired) electrons. The number of nitrogens with zero attached hydrogens (tertiary/aromatic N) is 1. The highest BCUT2D eigenvalue weighted by molar-refractivity contribution is 9.10. The lowest BCUT2D eigenvalue weighted by Gasteiger charge is -2.29. The summed E-state index contributed by atoms with van der Waals surface area (Å²) in [5.41, 5.74) is 1.29. The van der Waals surface area contributed by atoms with Crippen molar-refractivity contribution in [2.24, 2.45) is 5.92 Å². The Morgan fingerprint density at radius 2 is 2.05 bits per heavy atom. The quantitative estimate of drug-likeness (QED) is 0.808. The van der Waals surface area contributed by atoms with E-state index in [2.05, 4.69) is 45.2 Å². The SMILES string of the molecule is COc1ccc(CNCC(C)CN2CCCCC2)cc1Br. The van der Waals surface area contributed by atoms with Gasteiger partial charge in [-0.25, -0.2) is 0 Å². The number of hydrogen-bond donors (Lipinski definition) is 1. The number of benzene rings is 1. The molecule has 4 heteroatoms. The molecule has 1 aliphatic rings. The molecule has 1 aliphatic heterocycles. The minimum Gasteiger partial charge on any atom is -0.496 e. The summed E-state index contributed by atoms with van der Waals surface area (Å²) in [4.78, 5) is 2.61. The van der Waals surface area contributed by atoms with Gasteiger partial charge in [0.2, 0.25) is 0 Å². The summed E-state index contributed by atoms with van der Waals surface area (Å²) in [6.45, 7) is 8.11. The first kappa shape index (κ1) is 16.8. The van der Waals surface area contributed by atoms with Gasteiger partial charge in [-0.3, -0.25) is 0 Å². The second kappa shape index (κ2) is 8.76. The summed E-state index contributed by atoms with van der Waals surface area (Å²) < 4.78 is 6.27. The van der Waals surface area contributed by atoms with Crippen molar-refractivity contribution in [2.75, 3.05) is 33.3 Å². The van der Waals surface area contributed by atoms with Gasteiger partial charge < -0.3 is 15.0 Å². The largest absolute Gasteiger partial charge is 0.496 e. The molecule has 1 saturated heterocycles. The zero-order valence-corrected chi connectivity index (χ0v) is 14.8. The van der Waals surface area contributed by atoms with Crippen molar-refractivity contribution >= 4 is 15.9 Å². The highest BCUT2D eigenvalue weighted by Crippen LogP contribution is 2.25. The normalized spacial score (nSPS) is 17.7. The molecular formula is C17H27BrN2O. The van der Waals surface area contributed by atoms with Gasteiger partial charge in [-0.05, 0) is 72.0 Å². The Morgan fingerprint density at radius 3 is 2.71 bits per heavy atom. The van der Waals surface area contributed by atoms with E-state index in [1.54, 1.807) is 7.11 Å². The molecule has 0 amide bonds. The van der Waals surface area contributed by atoms with Crippen LogP contribution in [0.3, 0.4) is 0 Å². The van der Waals surface area contributed by atoms with Crippen molar-refractivity contribution in [3.63, 3.8) is 0 Å². The van der Waals surface area contributed by atoms with Crippen molar-refractivity contribution in [1.29, 1.82) is 0 Å². The summed E-state index contributed by atoms with van der Waals surface area (Å²) in [5, 5.41) is 3.57. The zero-order chi connectivity index (χ0) is 15.1. The van der Waals surface area contributed by atoms with Crippen LogP contribution in [0.15, 0.2) is 22.7 Å². The molecule has 0 bridgehead atoms. The molecule has 0 spiro atoms. The minimum absolute atomic E-state index is 0.699. The van der Waals surface area contributed by atoms with Crippen molar-refractivity contribution in [3.8, 4) is 5.75 Å². The molecule has 1 atom stereocenters. The van der Waals surface area contributed by atoms with E-state index in [4.69, 9.17) is 4.74 Å². The fourth-order valence-corrected chi connectivity index (χ4v) is 3.52. The van der Waals surface area contributed by atoms with Crippen LogP contribution in [0.2, 0.25) is 0 Å². The lowest BCUT2D eigenvalue weighted by molar-refractivity contribution is 0.199. The average molecular weight is 355 g/mol. The maximum atomic E-state index is 5.25. The fraction of sp³-hybridized carbons (Fsp3) is 0.647. The van der Waals surface area contributed by atoms with E-state index in [-0.39, 0.29) is 0 Å². The Hall–Kier alpha value is -0.580.